The molecule has 3 rings (SSSR count). The zero-order valence-electron chi connectivity index (χ0n) is 15.1. The molecule has 2 aromatic carbocycles. The van der Waals surface area contributed by atoms with Gasteiger partial charge in [-0.25, -0.2) is 4.79 Å². The minimum Gasteiger partial charge on any atom is -0.482 e. The minimum atomic E-state index is -1.11. The lowest BCUT2D eigenvalue weighted by atomic mass is 9.95. The van der Waals surface area contributed by atoms with Gasteiger partial charge in [-0.15, -0.1) is 0 Å². The smallest absolute Gasteiger partial charge is 0.341 e. The van der Waals surface area contributed by atoms with E-state index >= 15 is 0 Å². The summed E-state index contributed by atoms with van der Waals surface area (Å²) in [7, 11) is 1.48. The molecule has 6 nitrogen and oxygen atoms in total. The van der Waals surface area contributed by atoms with Crippen LogP contribution in [-0.2, 0) is 9.53 Å². The van der Waals surface area contributed by atoms with Crippen LogP contribution < -0.4 is 10.1 Å². The number of aliphatic carboxylic acids is 1. The number of amides is 1. The zero-order chi connectivity index (χ0) is 20.3. The largest absolute Gasteiger partial charge is 0.482 e. The molecule has 2 N–H and O–H groups in total. The molecular formula is C20H19Cl2NO5. The molecule has 8 heteroatoms. The summed E-state index contributed by atoms with van der Waals surface area (Å²) in [5, 5.41) is 12.7. The van der Waals surface area contributed by atoms with Crippen LogP contribution in [0, 0.1) is 0 Å². The number of carboxylic acids is 1. The first-order valence-electron chi connectivity index (χ1n) is 8.66. The SMILES string of the molecule is COC(c1cc(Cl)ccc1OCC(=O)O)c1cc(Cl)ccc1C(=O)NC1CC1. The Bertz CT molecular complexity index is 898. The van der Waals surface area contributed by atoms with Gasteiger partial charge in [-0.1, -0.05) is 23.2 Å². The molecule has 0 saturated heterocycles. The lowest BCUT2D eigenvalue weighted by Crippen LogP contribution is -2.27. The van der Waals surface area contributed by atoms with Crippen molar-refractivity contribution in [2.75, 3.05) is 13.7 Å². The molecule has 0 heterocycles. The van der Waals surface area contributed by atoms with E-state index in [1.807, 2.05) is 0 Å². The Morgan fingerprint density at radius 3 is 2.39 bits per heavy atom. The van der Waals surface area contributed by atoms with E-state index in [9.17, 15) is 9.59 Å². The summed E-state index contributed by atoms with van der Waals surface area (Å²) in [6.45, 7) is -0.518. The number of carboxylic acid groups (broad SMARTS) is 1. The Morgan fingerprint density at radius 2 is 1.79 bits per heavy atom. The lowest BCUT2D eigenvalue weighted by Gasteiger charge is -2.22. The molecule has 1 fully saturated rings. The number of carbonyl (C=O) groups excluding carboxylic acids is 1. The van der Waals surface area contributed by atoms with Crippen molar-refractivity contribution in [1.82, 2.24) is 5.32 Å². The van der Waals surface area contributed by atoms with Gasteiger partial charge in [-0.3, -0.25) is 4.79 Å². The highest BCUT2D eigenvalue weighted by atomic mass is 35.5. The van der Waals surface area contributed by atoms with E-state index in [0.29, 0.717) is 32.5 Å². The fraction of sp³-hybridized carbons (Fsp3) is 0.300. The van der Waals surface area contributed by atoms with E-state index in [2.05, 4.69) is 5.32 Å². The summed E-state index contributed by atoms with van der Waals surface area (Å²) in [6, 6.07) is 9.91. The normalized spacial score (nSPS) is 14.4. The molecule has 0 aromatic heterocycles. The highest BCUT2D eigenvalue weighted by molar-refractivity contribution is 6.31. The summed E-state index contributed by atoms with van der Waals surface area (Å²) in [5.41, 5.74) is 1.46. The van der Waals surface area contributed by atoms with Crippen LogP contribution in [0.25, 0.3) is 0 Å². The number of nitrogens with one attached hydrogen (secondary N) is 1. The fourth-order valence-electron chi connectivity index (χ4n) is 2.86. The molecule has 1 aliphatic rings. The number of rotatable bonds is 8. The third-order valence-electron chi connectivity index (χ3n) is 4.29. The predicted octanol–water partition coefficient (Wildman–Crippen LogP) is 4.08. The van der Waals surface area contributed by atoms with Gasteiger partial charge in [0.05, 0.1) is 0 Å². The maximum atomic E-state index is 12.7. The van der Waals surface area contributed by atoms with Crippen molar-refractivity contribution in [3.8, 4) is 5.75 Å². The van der Waals surface area contributed by atoms with E-state index in [0.717, 1.165) is 12.8 Å². The zero-order valence-corrected chi connectivity index (χ0v) is 16.6. The van der Waals surface area contributed by atoms with Crippen LogP contribution in [0.3, 0.4) is 0 Å². The second-order valence-electron chi connectivity index (χ2n) is 6.46. The molecule has 0 spiro atoms. The Kier molecular flexibility index (Phi) is 6.44. The van der Waals surface area contributed by atoms with E-state index in [4.69, 9.17) is 37.8 Å². The van der Waals surface area contributed by atoms with Gasteiger partial charge in [0, 0.05) is 34.3 Å². The average Bonchev–Trinajstić information content (AvgIpc) is 3.45. The Hall–Kier alpha value is -2.28. The van der Waals surface area contributed by atoms with Crippen molar-refractivity contribution in [3.63, 3.8) is 0 Å². The summed E-state index contributed by atoms with van der Waals surface area (Å²) >= 11 is 12.3. The topological polar surface area (TPSA) is 84.9 Å². The second kappa shape index (κ2) is 8.82. The summed E-state index contributed by atoms with van der Waals surface area (Å²) < 4.78 is 11.1. The summed E-state index contributed by atoms with van der Waals surface area (Å²) in [6.07, 6.45) is 1.19. The standard InChI is InChI=1S/C20H19Cl2NO5/c1-27-19(16-9-12(22)3-7-17(16)28-10-18(24)25)15-8-11(21)2-6-14(15)20(26)23-13-4-5-13/h2-3,6-9,13,19H,4-5,10H2,1H3,(H,23,26)(H,24,25). The molecule has 0 bridgehead atoms. The number of carbonyl (C=O) groups is 2. The van der Waals surface area contributed by atoms with Gasteiger partial charge in [-0.05, 0) is 54.8 Å². The first-order valence-corrected chi connectivity index (χ1v) is 9.41. The van der Waals surface area contributed by atoms with Crippen LogP contribution in [0.5, 0.6) is 5.75 Å². The third kappa shape index (κ3) is 4.95. The van der Waals surface area contributed by atoms with Crippen LogP contribution in [0.4, 0.5) is 0 Å². The third-order valence-corrected chi connectivity index (χ3v) is 4.76. The molecule has 2 aromatic rings. The molecule has 1 saturated carbocycles. The summed E-state index contributed by atoms with van der Waals surface area (Å²) in [4.78, 5) is 23.6. The van der Waals surface area contributed by atoms with Gasteiger partial charge in [0.25, 0.3) is 5.91 Å². The lowest BCUT2D eigenvalue weighted by molar-refractivity contribution is -0.139. The number of hydrogen-bond acceptors (Lipinski definition) is 4. The maximum Gasteiger partial charge on any atom is 0.341 e. The van der Waals surface area contributed by atoms with Crippen molar-refractivity contribution in [1.29, 1.82) is 0 Å². The monoisotopic (exact) mass is 423 g/mol. The molecular weight excluding hydrogens is 405 g/mol. The minimum absolute atomic E-state index is 0.192. The molecule has 1 amide bonds. The van der Waals surface area contributed by atoms with E-state index < -0.39 is 18.7 Å². The molecule has 1 unspecified atom stereocenters. The molecule has 28 heavy (non-hydrogen) atoms. The van der Waals surface area contributed by atoms with Crippen LogP contribution in [0.15, 0.2) is 36.4 Å². The molecule has 0 radical (unpaired) electrons. The van der Waals surface area contributed by atoms with Gasteiger partial charge < -0.3 is 19.9 Å². The van der Waals surface area contributed by atoms with Gasteiger partial charge in [0.15, 0.2) is 6.61 Å². The Balaban J connectivity index is 2.03. The highest BCUT2D eigenvalue weighted by Gasteiger charge is 2.28. The van der Waals surface area contributed by atoms with Gasteiger partial charge in [-0.2, -0.15) is 0 Å². The Labute approximate surface area is 172 Å². The van der Waals surface area contributed by atoms with Crippen molar-refractivity contribution < 1.29 is 24.2 Å². The highest BCUT2D eigenvalue weighted by Crippen LogP contribution is 2.37. The van der Waals surface area contributed by atoms with Crippen molar-refractivity contribution >= 4 is 35.1 Å². The number of ether oxygens (including phenoxy) is 2. The second-order valence-corrected chi connectivity index (χ2v) is 7.33. The van der Waals surface area contributed by atoms with Crippen molar-refractivity contribution in [2.24, 2.45) is 0 Å². The van der Waals surface area contributed by atoms with Gasteiger partial charge in [0.2, 0.25) is 0 Å². The van der Waals surface area contributed by atoms with Crippen LogP contribution in [-0.4, -0.2) is 36.7 Å². The number of benzene rings is 2. The average molecular weight is 424 g/mol. The van der Waals surface area contributed by atoms with E-state index in [1.54, 1.807) is 36.4 Å². The van der Waals surface area contributed by atoms with Crippen LogP contribution in [0.1, 0.15) is 40.4 Å². The van der Waals surface area contributed by atoms with Crippen LogP contribution in [0.2, 0.25) is 10.0 Å². The number of halogens is 2. The van der Waals surface area contributed by atoms with Crippen molar-refractivity contribution in [3.05, 3.63) is 63.1 Å². The van der Waals surface area contributed by atoms with Gasteiger partial charge >= 0.3 is 5.97 Å². The first-order chi connectivity index (χ1) is 13.4. The maximum absolute atomic E-state index is 12.7. The Morgan fingerprint density at radius 1 is 1.14 bits per heavy atom. The first kappa shape index (κ1) is 20.5. The summed E-state index contributed by atoms with van der Waals surface area (Å²) in [5.74, 6) is -1.03. The number of methoxy groups -OCH3 is 1. The van der Waals surface area contributed by atoms with Crippen LogP contribution >= 0.6 is 23.2 Å². The molecule has 0 aliphatic heterocycles. The number of hydrogen-bond donors (Lipinski definition) is 2. The van der Waals surface area contributed by atoms with E-state index in [1.165, 1.54) is 7.11 Å². The van der Waals surface area contributed by atoms with Crippen molar-refractivity contribution in [2.45, 2.75) is 25.0 Å². The quantitative estimate of drug-likeness (QED) is 0.667. The van der Waals surface area contributed by atoms with Gasteiger partial charge in [0.1, 0.15) is 11.9 Å². The molecule has 148 valence electrons. The predicted molar refractivity (Wildman–Crippen MR) is 105 cm³/mol. The molecule has 1 aliphatic carbocycles. The van der Waals surface area contributed by atoms with E-state index in [-0.39, 0.29) is 11.9 Å². The fourth-order valence-corrected chi connectivity index (χ4v) is 3.23. The molecule has 1 atom stereocenters.